The molecule has 83 heavy (non-hydrogen) atoms. The summed E-state index contributed by atoms with van der Waals surface area (Å²) in [5, 5.41) is 0. The van der Waals surface area contributed by atoms with Gasteiger partial charge in [-0.15, -0.1) is 0 Å². The van der Waals surface area contributed by atoms with Crippen LogP contribution in [0, 0.1) is 0 Å². The highest BCUT2D eigenvalue weighted by Gasteiger charge is 2.19. The number of allylic oxidation sites excluding steroid dienone is 16. The van der Waals surface area contributed by atoms with E-state index in [1.807, 2.05) is 0 Å². The number of carbonyl (C=O) groups is 3. The van der Waals surface area contributed by atoms with Gasteiger partial charge in [0.1, 0.15) is 13.2 Å². The summed E-state index contributed by atoms with van der Waals surface area (Å²) in [6.07, 6.45) is 96.2. The summed E-state index contributed by atoms with van der Waals surface area (Å²) in [6, 6.07) is 0. The van der Waals surface area contributed by atoms with Gasteiger partial charge in [0.05, 0.1) is 0 Å². The smallest absolute Gasteiger partial charge is 0.306 e. The van der Waals surface area contributed by atoms with Gasteiger partial charge in [-0.25, -0.2) is 0 Å². The van der Waals surface area contributed by atoms with Gasteiger partial charge in [-0.2, -0.15) is 0 Å². The summed E-state index contributed by atoms with van der Waals surface area (Å²) >= 11 is 0. The molecule has 0 aliphatic carbocycles. The van der Waals surface area contributed by atoms with Gasteiger partial charge in [-0.05, 0) is 96.3 Å². The fourth-order valence-electron chi connectivity index (χ4n) is 10.3. The zero-order chi connectivity index (χ0) is 59.9. The highest BCUT2D eigenvalue weighted by molar-refractivity contribution is 5.71. The van der Waals surface area contributed by atoms with Crippen LogP contribution in [0.15, 0.2) is 97.2 Å². The highest BCUT2D eigenvalue weighted by Crippen LogP contribution is 2.18. The van der Waals surface area contributed by atoms with Crippen LogP contribution in [0.2, 0.25) is 0 Å². The molecule has 0 fully saturated rings. The van der Waals surface area contributed by atoms with E-state index in [0.717, 1.165) is 109 Å². The Morgan fingerprint density at radius 3 is 0.735 bits per heavy atom. The molecule has 0 radical (unpaired) electrons. The van der Waals surface area contributed by atoms with Crippen LogP contribution in [0.25, 0.3) is 0 Å². The normalized spacial score (nSPS) is 12.7. The van der Waals surface area contributed by atoms with Gasteiger partial charge in [0, 0.05) is 19.3 Å². The molecular formula is C77H134O6. The zero-order valence-corrected chi connectivity index (χ0v) is 54.9. The van der Waals surface area contributed by atoms with Crippen molar-refractivity contribution in [3.63, 3.8) is 0 Å². The van der Waals surface area contributed by atoms with Crippen LogP contribution in [0.3, 0.4) is 0 Å². The molecule has 0 bridgehead atoms. The molecule has 1 unspecified atom stereocenters. The van der Waals surface area contributed by atoms with Gasteiger partial charge in [0.2, 0.25) is 0 Å². The maximum Gasteiger partial charge on any atom is 0.306 e. The lowest BCUT2D eigenvalue weighted by atomic mass is 10.0. The molecule has 1 atom stereocenters. The monoisotopic (exact) mass is 1160 g/mol. The summed E-state index contributed by atoms with van der Waals surface area (Å²) < 4.78 is 16.9. The number of esters is 3. The average molecular weight is 1160 g/mol. The van der Waals surface area contributed by atoms with Crippen LogP contribution in [0.1, 0.15) is 355 Å². The molecule has 0 amide bonds. The van der Waals surface area contributed by atoms with E-state index in [4.69, 9.17) is 14.2 Å². The minimum atomic E-state index is -0.773. The van der Waals surface area contributed by atoms with Crippen molar-refractivity contribution in [2.75, 3.05) is 13.2 Å². The quantitative estimate of drug-likeness (QED) is 0.0261. The second kappa shape index (κ2) is 70.8. The van der Waals surface area contributed by atoms with E-state index in [0.29, 0.717) is 19.3 Å². The van der Waals surface area contributed by atoms with Gasteiger partial charge in [0.25, 0.3) is 0 Å². The average Bonchev–Trinajstić information content (AvgIpc) is 3.49. The molecule has 0 N–H and O–H groups in total. The lowest BCUT2D eigenvalue weighted by Gasteiger charge is -2.18. The van der Waals surface area contributed by atoms with Crippen LogP contribution in [-0.2, 0) is 28.6 Å². The second-order valence-electron chi connectivity index (χ2n) is 23.7. The standard InChI is InChI=1S/C77H134O6/c1-4-7-10-13-16-18-20-22-24-26-28-30-32-34-36-38-40-42-44-46-48-50-52-54-56-58-61-64-67-70-76(79)82-73-74(72-81-75(78)69-66-63-60-15-12-9-6-3)83-77(80)71-68-65-62-59-57-55-53-51-49-47-45-43-41-39-37-35-33-31-29-27-25-23-21-19-17-14-11-8-5-2/h7-8,10-11,16-19,22-25,28-31,74H,4-6,9,12-15,20-21,26-27,32-73H2,1-3H3/b10-7-,11-8-,18-16-,19-17-,24-22-,25-23-,30-28-,31-29-. The van der Waals surface area contributed by atoms with Gasteiger partial charge in [-0.3, -0.25) is 14.4 Å². The lowest BCUT2D eigenvalue weighted by Crippen LogP contribution is -2.30. The number of hydrogen-bond acceptors (Lipinski definition) is 6. The van der Waals surface area contributed by atoms with Gasteiger partial charge < -0.3 is 14.2 Å². The van der Waals surface area contributed by atoms with Crippen molar-refractivity contribution in [3.8, 4) is 0 Å². The first-order valence-corrected chi connectivity index (χ1v) is 35.7. The predicted molar refractivity (Wildman–Crippen MR) is 362 cm³/mol. The topological polar surface area (TPSA) is 78.9 Å². The van der Waals surface area contributed by atoms with Crippen LogP contribution < -0.4 is 0 Å². The van der Waals surface area contributed by atoms with E-state index in [1.54, 1.807) is 0 Å². The van der Waals surface area contributed by atoms with Crippen LogP contribution in [0.4, 0.5) is 0 Å². The maximum absolute atomic E-state index is 12.9. The molecule has 0 aliphatic heterocycles. The molecule has 0 aliphatic rings. The largest absolute Gasteiger partial charge is 0.462 e. The third kappa shape index (κ3) is 69.0. The molecule has 478 valence electrons. The van der Waals surface area contributed by atoms with Crippen molar-refractivity contribution >= 4 is 17.9 Å². The van der Waals surface area contributed by atoms with Crippen molar-refractivity contribution in [2.24, 2.45) is 0 Å². The van der Waals surface area contributed by atoms with Crippen molar-refractivity contribution in [2.45, 2.75) is 361 Å². The van der Waals surface area contributed by atoms with E-state index in [2.05, 4.69) is 118 Å². The summed E-state index contributed by atoms with van der Waals surface area (Å²) in [5.41, 5.74) is 0. The maximum atomic E-state index is 12.9. The number of unbranched alkanes of at least 4 members (excludes halogenated alkanes) is 38. The van der Waals surface area contributed by atoms with Crippen LogP contribution in [-0.4, -0.2) is 37.2 Å². The molecule has 0 saturated carbocycles. The summed E-state index contributed by atoms with van der Waals surface area (Å²) in [7, 11) is 0. The zero-order valence-electron chi connectivity index (χ0n) is 54.9. The SMILES string of the molecule is CC/C=C\C/C=C\C/C=C\C/C=C\CCCCCCCCCCCCCCCCCCC(=O)OCC(COC(=O)CCCCCCCCC)OC(=O)CCCCCCCCCCCCCCCCCC/C=C\C/C=C\C/C=C\C/C=C\CC. The minimum Gasteiger partial charge on any atom is -0.462 e. The number of hydrogen-bond donors (Lipinski definition) is 0. The Morgan fingerprint density at radius 2 is 0.470 bits per heavy atom. The Kier molecular flexibility index (Phi) is 67.7. The van der Waals surface area contributed by atoms with E-state index in [1.165, 1.54) is 205 Å². The lowest BCUT2D eigenvalue weighted by molar-refractivity contribution is -0.167. The van der Waals surface area contributed by atoms with Crippen LogP contribution in [0.5, 0.6) is 0 Å². The Labute approximate surface area is 515 Å². The Hall–Kier alpha value is -3.67. The summed E-state index contributed by atoms with van der Waals surface area (Å²) in [5.74, 6) is -0.861. The number of rotatable bonds is 65. The molecular weight excluding hydrogens is 1020 g/mol. The van der Waals surface area contributed by atoms with E-state index in [-0.39, 0.29) is 31.1 Å². The van der Waals surface area contributed by atoms with E-state index in [9.17, 15) is 14.4 Å². The van der Waals surface area contributed by atoms with E-state index >= 15 is 0 Å². The summed E-state index contributed by atoms with van der Waals surface area (Å²) in [4.78, 5) is 38.2. The van der Waals surface area contributed by atoms with Crippen molar-refractivity contribution in [1.82, 2.24) is 0 Å². The molecule has 0 rings (SSSR count). The molecule has 6 heteroatoms. The third-order valence-electron chi connectivity index (χ3n) is 15.6. The number of carbonyl (C=O) groups excluding carboxylic acids is 3. The second-order valence-corrected chi connectivity index (χ2v) is 23.7. The number of ether oxygens (including phenoxy) is 3. The fraction of sp³-hybridized carbons (Fsp3) is 0.753. The fourth-order valence-corrected chi connectivity index (χ4v) is 10.3. The Bertz CT molecular complexity index is 1610. The van der Waals surface area contributed by atoms with Crippen LogP contribution >= 0.6 is 0 Å². The first kappa shape index (κ1) is 79.3. The molecule has 0 saturated heterocycles. The van der Waals surface area contributed by atoms with Crippen molar-refractivity contribution < 1.29 is 28.6 Å². The minimum absolute atomic E-state index is 0.0722. The van der Waals surface area contributed by atoms with Gasteiger partial charge >= 0.3 is 17.9 Å². The van der Waals surface area contributed by atoms with Crippen molar-refractivity contribution in [3.05, 3.63) is 97.2 Å². The van der Waals surface area contributed by atoms with Gasteiger partial charge in [-0.1, -0.05) is 336 Å². The molecule has 0 heterocycles. The van der Waals surface area contributed by atoms with Gasteiger partial charge in [0.15, 0.2) is 6.10 Å². The van der Waals surface area contributed by atoms with Crippen molar-refractivity contribution in [1.29, 1.82) is 0 Å². The first-order valence-electron chi connectivity index (χ1n) is 35.7. The van der Waals surface area contributed by atoms with E-state index < -0.39 is 6.10 Å². The molecule has 0 aromatic rings. The molecule has 0 spiro atoms. The predicted octanol–water partition coefficient (Wildman–Crippen LogP) is 24.8. The molecule has 0 aromatic heterocycles. The molecule has 6 nitrogen and oxygen atoms in total. The molecule has 0 aromatic carbocycles. The first-order chi connectivity index (χ1) is 41.0. The Morgan fingerprint density at radius 1 is 0.253 bits per heavy atom. The Balaban J connectivity index is 4.04. The highest BCUT2D eigenvalue weighted by atomic mass is 16.6. The third-order valence-corrected chi connectivity index (χ3v) is 15.6. The summed E-state index contributed by atoms with van der Waals surface area (Å²) in [6.45, 7) is 6.42.